The summed E-state index contributed by atoms with van der Waals surface area (Å²) in [6, 6.07) is 5.41. The maximum atomic E-state index is 12.3. The molecule has 1 aromatic rings. The molecule has 18 heavy (non-hydrogen) atoms. The molecule has 1 saturated heterocycles. The van der Waals surface area contributed by atoms with E-state index in [1.54, 1.807) is 25.1 Å². The molecule has 0 aliphatic carbocycles. The van der Waals surface area contributed by atoms with Crippen molar-refractivity contribution in [3.8, 4) is 5.75 Å². The molecule has 0 bridgehead atoms. The first-order valence-electron chi connectivity index (χ1n) is 6.28. The van der Waals surface area contributed by atoms with E-state index in [-0.39, 0.29) is 11.7 Å². The van der Waals surface area contributed by atoms with Crippen molar-refractivity contribution in [3.63, 3.8) is 0 Å². The molecule has 98 valence electrons. The molecule has 1 unspecified atom stereocenters. The molecule has 2 rings (SSSR count). The summed E-state index contributed by atoms with van der Waals surface area (Å²) in [5, 5.41) is 9.48. The third-order valence-corrected chi connectivity index (χ3v) is 3.69. The topological polar surface area (TPSA) is 43.8 Å². The number of rotatable bonds is 1. The van der Waals surface area contributed by atoms with Gasteiger partial charge in [0.2, 0.25) is 0 Å². The third kappa shape index (κ3) is 2.48. The van der Waals surface area contributed by atoms with E-state index in [2.05, 4.69) is 18.9 Å². The fourth-order valence-corrected chi connectivity index (χ4v) is 2.20. The van der Waals surface area contributed by atoms with Crippen LogP contribution in [0.5, 0.6) is 5.75 Å². The van der Waals surface area contributed by atoms with E-state index >= 15 is 0 Å². The molecule has 1 amide bonds. The van der Waals surface area contributed by atoms with Crippen LogP contribution in [0.4, 0.5) is 0 Å². The van der Waals surface area contributed by atoms with Crippen molar-refractivity contribution < 1.29 is 9.90 Å². The van der Waals surface area contributed by atoms with Gasteiger partial charge >= 0.3 is 0 Å². The smallest absolute Gasteiger partial charge is 0.253 e. The zero-order chi connectivity index (χ0) is 13.3. The average Bonchev–Trinajstić information content (AvgIpc) is 2.35. The Morgan fingerprint density at radius 2 is 2.11 bits per heavy atom. The highest BCUT2D eigenvalue weighted by atomic mass is 16.3. The molecule has 4 nitrogen and oxygen atoms in total. The lowest BCUT2D eigenvalue weighted by Crippen LogP contribution is -2.52. The lowest BCUT2D eigenvalue weighted by molar-refractivity contribution is 0.0572. The Morgan fingerprint density at radius 1 is 1.39 bits per heavy atom. The quantitative estimate of drug-likeness (QED) is 0.818. The van der Waals surface area contributed by atoms with Crippen LogP contribution >= 0.6 is 0 Å². The van der Waals surface area contributed by atoms with Crippen molar-refractivity contribution in [2.24, 2.45) is 0 Å². The summed E-state index contributed by atoms with van der Waals surface area (Å²) in [5.74, 6) is 0.288. The Bertz CT molecular complexity index is 459. The van der Waals surface area contributed by atoms with E-state index in [1.807, 2.05) is 4.90 Å². The van der Waals surface area contributed by atoms with Crippen LogP contribution in [0, 0.1) is 6.92 Å². The molecule has 1 aliphatic rings. The van der Waals surface area contributed by atoms with Gasteiger partial charge in [-0.25, -0.2) is 0 Å². The summed E-state index contributed by atoms with van der Waals surface area (Å²) in [4.78, 5) is 16.5. The Labute approximate surface area is 108 Å². The first-order valence-corrected chi connectivity index (χ1v) is 6.28. The number of phenolic OH excluding ortho intramolecular Hbond substituents is 1. The van der Waals surface area contributed by atoms with Gasteiger partial charge in [-0.1, -0.05) is 0 Å². The molecular weight excluding hydrogens is 228 g/mol. The number of hydrogen-bond donors (Lipinski definition) is 1. The van der Waals surface area contributed by atoms with Gasteiger partial charge in [-0.2, -0.15) is 0 Å². The lowest BCUT2D eigenvalue weighted by Gasteiger charge is -2.37. The predicted molar refractivity (Wildman–Crippen MR) is 70.8 cm³/mol. The van der Waals surface area contributed by atoms with Gasteiger partial charge in [0.25, 0.3) is 5.91 Å². The highest BCUT2D eigenvalue weighted by Crippen LogP contribution is 2.19. The SMILES string of the molecule is Cc1cc(C(=O)N2CCN(C)C(C)C2)ccc1O. The summed E-state index contributed by atoms with van der Waals surface area (Å²) in [7, 11) is 2.08. The van der Waals surface area contributed by atoms with Crippen molar-refractivity contribution in [1.82, 2.24) is 9.80 Å². The van der Waals surface area contributed by atoms with Gasteiger partial charge in [-0.3, -0.25) is 4.79 Å². The number of carbonyl (C=O) groups excluding carboxylic acids is 1. The predicted octanol–water partition coefficient (Wildman–Crippen LogP) is 1.48. The summed E-state index contributed by atoms with van der Waals surface area (Å²) >= 11 is 0. The number of carbonyl (C=O) groups is 1. The highest BCUT2D eigenvalue weighted by Gasteiger charge is 2.25. The Hall–Kier alpha value is -1.55. The molecule has 0 radical (unpaired) electrons. The standard InChI is InChI=1S/C14H20N2O2/c1-10-8-12(4-5-13(10)17)14(18)16-7-6-15(3)11(2)9-16/h4-5,8,11,17H,6-7,9H2,1-3H3. The second kappa shape index (κ2) is 4.98. The number of likely N-dealkylation sites (N-methyl/N-ethyl adjacent to an activating group) is 1. The molecule has 1 heterocycles. The van der Waals surface area contributed by atoms with Crippen LogP contribution in [0.25, 0.3) is 0 Å². The summed E-state index contributed by atoms with van der Waals surface area (Å²) in [6.45, 7) is 6.36. The van der Waals surface area contributed by atoms with Crippen molar-refractivity contribution in [2.45, 2.75) is 19.9 Å². The molecule has 0 spiro atoms. The maximum absolute atomic E-state index is 12.3. The van der Waals surface area contributed by atoms with Gasteiger partial charge in [0.1, 0.15) is 5.75 Å². The van der Waals surface area contributed by atoms with Crippen LogP contribution in [-0.2, 0) is 0 Å². The minimum absolute atomic E-state index is 0.0538. The number of benzene rings is 1. The second-order valence-corrected chi connectivity index (χ2v) is 5.08. The van der Waals surface area contributed by atoms with Crippen LogP contribution in [-0.4, -0.2) is 53.5 Å². The van der Waals surface area contributed by atoms with E-state index < -0.39 is 0 Å². The molecule has 0 saturated carbocycles. The number of aryl methyl sites for hydroxylation is 1. The van der Waals surface area contributed by atoms with E-state index in [1.165, 1.54) is 0 Å². The largest absolute Gasteiger partial charge is 0.508 e. The van der Waals surface area contributed by atoms with Crippen molar-refractivity contribution >= 4 is 5.91 Å². The van der Waals surface area contributed by atoms with E-state index in [9.17, 15) is 9.90 Å². The van der Waals surface area contributed by atoms with E-state index in [4.69, 9.17) is 0 Å². The Morgan fingerprint density at radius 3 is 2.72 bits per heavy atom. The Kier molecular flexibility index (Phi) is 3.57. The minimum Gasteiger partial charge on any atom is -0.508 e. The van der Waals surface area contributed by atoms with Gasteiger partial charge < -0.3 is 14.9 Å². The fourth-order valence-electron chi connectivity index (χ4n) is 2.20. The van der Waals surface area contributed by atoms with Gasteiger partial charge in [-0.05, 0) is 44.7 Å². The summed E-state index contributed by atoms with van der Waals surface area (Å²) < 4.78 is 0. The highest BCUT2D eigenvalue weighted by molar-refractivity contribution is 5.94. The third-order valence-electron chi connectivity index (χ3n) is 3.69. The molecule has 1 N–H and O–H groups in total. The number of hydrogen-bond acceptors (Lipinski definition) is 3. The first kappa shape index (κ1) is 12.9. The zero-order valence-electron chi connectivity index (χ0n) is 11.2. The maximum Gasteiger partial charge on any atom is 0.253 e. The van der Waals surface area contributed by atoms with Crippen LogP contribution in [0.3, 0.4) is 0 Å². The van der Waals surface area contributed by atoms with Crippen LogP contribution in [0.15, 0.2) is 18.2 Å². The number of nitrogens with zero attached hydrogens (tertiary/aromatic N) is 2. The van der Waals surface area contributed by atoms with Crippen molar-refractivity contribution in [2.75, 3.05) is 26.7 Å². The Balaban J connectivity index is 2.14. The number of aromatic hydroxyl groups is 1. The molecule has 1 aliphatic heterocycles. The van der Waals surface area contributed by atoms with Gasteiger partial charge in [0.05, 0.1) is 0 Å². The minimum atomic E-state index is 0.0538. The molecule has 1 atom stereocenters. The molecular formula is C14H20N2O2. The molecule has 0 aromatic heterocycles. The van der Waals surface area contributed by atoms with Crippen LogP contribution in [0.1, 0.15) is 22.8 Å². The average molecular weight is 248 g/mol. The number of phenols is 1. The normalized spacial score (nSPS) is 21.1. The van der Waals surface area contributed by atoms with Gasteiger partial charge in [-0.15, -0.1) is 0 Å². The molecule has 1 aromatic carbocycles. The summed E-state index contributed by atoms with van der Waals surface area (Å²) in [5.41, 5.74) is 1.39. The fraction of sp³-hybridized carbons (Fsp3) is 0.500. The molecule has 4 heteroatoms. The lowest BCUT2D eigenvalue weighted by atomic mass is 10.1. The summed E-state index contributed by atoms with van der Waals surface area (Å²) in [6.07, 6.45) is 0. The van der Waals surface area contributed by atoms with Crippen LogP contribution in [0.2, 0.25) is 0 Å². The van der Waals surface area contributed by atoms with Gasteiger partial charge in [0, 0.05) is 31.2 Å². The van der Waals surface area contributed by atoms with E-state index in [0.29, 0.717) is 11.6 Å². The van der Waals surface area contributed by atoms with Crippen LogP contribution < -0.4 is 0 Å². The van der Waals surface area contributed by atoms with Crippen molar-refractivity contribution in [1.29, 1.82) is 0 Å². The van der Waals surface area contributed by atoms with E-state index in [0.717, 1.165) is 25.2 Å². The number of amides is 1. The first-order chi connectivity index (χ1) is 8.49. The molecule has 1 fully saturated rings. The number of piperazine rings is 1. The van der Waals surface area contributed by atoms with Gasteiger partial charge in [0.15, 0.2) is 0 Å². The second-order valence-electron chi connectivity index (χ2n) is 5.08. The van der Waals surface area contributed by atoms with Crippen molar-refractivity contribution in [3.05, 3.63) is 29.3 Å². The zero-order valence-corrected chi connectivity index (χ0v) is 11.2. The monoisotopic (exact) mass is 248 g/mol.